The number of pyridine rings is 1. The van der Waals surface area contributed by atoms with Crippen LogP contribution in [-0.2, 0) is 11.6 Å². The minimum atomic E-state index is -2.44. The quantitative estimate of drug-likeness (QED) is 0.723. The van der Waals surface area contributed by atoms with Gasteiger partial charge in [0.15, 0.2) is 5.65 Å². The first-order chi connectivity index (χ1) is 10.8. The minimum absolute atomic E-state index is 0.149. The van der Waals surface area contributed by atoms with E-state index in [4.69, 9.17) is 0 Å². The third-order valence-corrected chi connectivity index (χ3v) is 5.24. The molecule has 0 fully saturated rings. The van der Waals surface area contributed by atoms with Crippen molar-refractivity contribution in [3.05, 3.63) is 46.4 Å². The van der Waals surface area contributed by atoms with E-state index in [0.717, 1.165) is 16.7 Å². The number of fused-ring (bicyclic) bond motifs is 1. The molecule has 2 N–H and O–H groups in total. The van der Waals surface area contributed by atoms with E-state index in [1.807, 2.05) is 37.3 Å². The number of aromatic amines is 1. The summed E-state index contributed by atoms with van der Waals surface area (Å²) >= 11 is 0. The monoisotopic (exact) mass is 330 g/mol. The number of hydrogen-bond acceptors (Lipinski definition) is 4. The zero-order valence-corrected chi connectivity index (χ0v) is 14.4. The molecule has 0 aliphatic heterocycles. The Bertz CT molecular complexity index is 997. The molecule has 0 aliphatic carbocycles. The minimum Gasteiger partial charge on any atom is -0.354 e. The number of para-hydroxylation sites is 1. The summed E-state index contributed by atoms with van der Waals surface area (Å²) in [6.07, 6.45) is 0. The highest BCUT2D eigenvalue weighted by Crippen LogP contribution is 2.38. The van der Waals surface area contributed by atoms with Crippen LogP contribution in [0.25, 0.3) is 11.0 Å². The lowest BCUT2D eigenvalue weighted by molar-refractivity contribution is 0.588. The Kier molecular flexibility index (Phi) is 3.65. The maximum atomic E-state index is 12.5. The van der Waals surface area contributed by atoms with E-state index in [9.17, 15) is 9.36 Å². The number of nitrogens with zero attached hydrogens (tertiary/aromatic N) is 2. The van der Waals surface area contributed by atoms with Crippen LogP contribution in [-0.4, -0.2) is 28.1 Å². The molecule has 7 heteroatoms. The summed E-state index contributed by atoms with van der Waals surface area (Å²) < 4.78 is 13.9. The Hall–Kier alpha value is -2.33. The van der Waals surface area contributed by atoms with Crippen LogP contribution in [0.3, 0.4) is 0 Å². The van der Waals surface area contributed by atoms with Crippen molar-refractivity contribution in [2.24, 2.45) is 7.05 Å². The first-order valence-electron chi connectivity index (χ1n) is 7.25. The molecular formula is C16H19N4O2P. The lowest BCUT2D eigenvalue weighted by Gasteiger charge is -2.15. The molecule has 3 rings (SSSR count). The Morgan fingerprint density at radius 3 is 2.61 bits per heavy atom. The topological polar surface area (TPSA) is 79.8 Å². The van der Waals surface area contributed by atoms with Gasteiger partial charge in [-0.1, -0.05) is 12.1 Å². The van der Waals surface area contributed by atoms with E-state index in [-0.39, 0.29) is 5.56 Å². The Morgan fingerprint density at radius 1 is 1.22 bits per heavy atom. The van der Waals surface area contributed by atoms with E-state index < -0.39 is 7.14 Å². The van der Waals surface area contributed by atoms with Crippen molar-refractivity contribution in [1.29, 1.82) is 0 Å². The third-order valence-electron chi connectivity index (χ3n) is 3.69. The van der Waals surface area contributed by atoms with Crippen LogP contribution in [0.15, 0.2) is 35.1 Å². The zero-order chi connectivity index (χ0) is 16.8. The van der Waals surface area contributed by atoms with Crippen LogP contribution in [0, 0.1) is 6.92 Å². The summed E-state index contributed by atoms with van der Waals surface area (Å²) in [5, 5.41) is 7.46. The van der Waals surface area contributed by atoms with Gasteiger partial charge in [0.05, 0.1) is 5.69 Å². The average molecular weight is 330 g/mol. The van der Waals surface area contributed by atoms with Gasteiger partial charge in [0.1, 0.15) is 12.5 Å². The second-order valence-corrected chi connectivity index (χ2v) is 9.19. The zero-order valence-electron chi connectivity index (χ0n) is 13.5. The summed E-state index contributed by atoms with van der Waals surface area (Å²) in [4.78, 5) is 16.7. The number of nitrogens with one attached hydrogen (secondary N) is 2. The number of H-pyrrole nitrogens is 1. The van der Waals surface area contributed by atoms with Crippen molar-refractivity contribution >= 4 is 34.9 Å². The molecule has 23 heavy (non-hydrogen) atoms. The molecule has 6 nitrogen and oxygen atoms in total. The fraction of sp³-hybridized carbons (Fsp3) is 0.250. The van der Waals surface area contributed by atoms with Gasteiger partial charge < -0.3 is 9.88 Å². The number of benzene rings is 1. The Balaban J connectivity index is 2.21. The van der Waals surface area contributed by atoms with Gasteiger partial charge in [0.25, 0.3) is 5.56 Å². The SMILES string of the molecule is Cc1cc(Nc2ccccc2P(C)(C)=O)c2c(=O)n(C)[nH]c2n1. The third kappa shape index (κ3) is 2.82. The maximum absolute atomic E-state index is 12.5. The Morgan fingerprint density at radius 2 is 1.91 bits per heavy atom. The van der Waals surface area contributed by atoms with Gasteiger partial charge in [-0.15, -0.1) is 0 Å². The molecule has 0 atom stereocenters. The number of anilines is 2. The second-order valence-electron chi connectivity index (χ2n) is 6.00. The van der Waals surface area contributed by atoms with Crippen LogP contribution in [0.2, 0.25) is 0 Å². The fourth-order valence-electron chi connectivity index (χ4n) is 2.64. The van der Waals surface area contributed by atoms with Gasteiger partial charge in [0.2, 0.25) is 0 Å². The van der Waals surface area contributed by atoms with Gasteiger partial charge in [-0.3, -0.25) is 14.6 Å². The van der Waals surface area contributed by atoms with Crippen LogP contribution < -0.4 is 16.2 Å². The molecule has 0 unspecified atom stereocenters. The molecule has 1 aromatic carbocycles. The molecule has 0 spiro atoms. The molecule has 0 saturated heterocycles. The summed E-state index contributed by atoms with van der Waals surface area (Å²) in [7, 11) is -0.785. The van der Waals surface area contributed by atoms with Crippen molar-refractivity contribution < 1.29 is 4.57 Å². The number of aryl methyl sites for hydroxylation is 2. The van der Waals surface area contributed by atoms with Gasteiger partial charge >= 0.3 is 0 Å². The van der Waals surface area contributed by atoms with Crippen molar-refractivity contribution in [3.8, 4) is 0 Å². The molecule has 0 bridgehead atoms. The van der Waals surface area contributed by atoms with Gasteiger partial charge in [0, 0.05) is 23.7 Å². The molecule has 0 amide bonds. The summed E-state index contributed by atoms with van der Waals surface area (Å²) in [5.41, 5.74) is 2.58. The van der Waals surface area contributed by atoms with Crippen molar-refractivity contribution in [3.63, 3.8) is 0 Å². The van der Waals surface area contributed by atoms with E-state index in [0.29, 0.717) is 16.7 Å². The van der Waals surface area contributed by atoms with Crippen LogP contribution in [0.1, 0.15) is 5.69 Å². The normalized spacial score (nSPS) is 11.8. The molecule has 0 saturated carbocycles. The van der Waals surface area contributed by atoms with Crippen molar-refractivity contribution in [2.75, 3.05) is 18.6 Å². The number of aromatic nitrogens is 3. The summed E-state index contributed by atoms with van der Waals surface area (Å²) in [6.45, 7) is 5.33. The smallest absolute Gasteiger partial charge is 0.277 e. The molecule has 3 aromatic rings. The predicted molar refractivity (Wildman–Crippen MR) is 94.9 cm³/mol. The van der Waals surface area contributed by atoms with Crippen molar-refractivity contribution in [2.45, 2.75) is 6.92 Å². The lowest BCUT2D eigenvalue weighted by atomic mass is 10.2. The fourth-order valence-corrected chi connectivity index (χ4v) is 3.80. The van der Waals surface area contributed by atoms with E-state index in [1.165, 1.54) is 4.68 Å². The summed E-state index contributed by atoms with van der Waals surface area (Å²) in [6, 6.07) is 9.28. The molecule has 2 aromatic heterocycles. The first kappa shape index (κ1) is 15.6. The van der Waals surface area contributed by atoms with Crippen LogP contribution in [0.5, 0.6) is 0 Å². The molecular weight excluding hydrogens is 311 g/mol. The largest absolute Gasteiger partial charge is 0.354 e. The highest BCUT2D eigenvalue weighted by atomic mass is 31.2. The Labute approximate surface area is 133 Å². The average Bonchev–Trinajstić information content (AvgIpc) is 2.73. The lowest BCUT2D eigenvalue weighted by Crippen LogP contribution is -2.13. The van der Waals surface area contributed by atoms with E-state index in [2.05, 4.69) is 15.4 Å². The predicted octanol–water partition coefficient (Wildman–Crippen LogP) is 2.56. The first-order valence-corrected chi connectivity index (χ1v) is 9.85. The van der Waals surface area contributed by atoms with Gasteiger partial charge in [-0.2, -0.15) is 0 Å². The molecule has 0 aliphatic rings. The molecule has 2 heterocycles. The van der Waals surface area contributed by atoms with Crippen molar-refractivity contribution in [1.82, 2.24) is 14.8 Å². The maximum Gasteiger partial charge on any atom is 0.277 e. The number of hydrogen-bond donors (Lipinski definition) is 2. The van der Waals surface area contributed by atoms with E-state index >= 15 is 0 Å². The van der Waals surface area contributed by atoms with Gasteiger partial charge in [-0.25, -0.2) is 4.98 Å². The molecule has 0 radical (unpaired) electrons. The van der Waals surface area contributed by atoms with Crippen LogP contribution >= 0.6 is 7.14 Å². The number of rotatable bonds is 3. The highest BCUT2D eigenvalue weighted by molar-refractivity contribution is 7.70. The molecule has 120 valence electrons. The summed E-state index contributed by atoms with van der Waals surface area (Å²) in [5.74, 6) is 0. The standard InChI is InChI=1S/C16H19N4O2P/c1-10-9-12(14-15(17-10)19-20(2)16(14)21)18-11-7-5-6-8-13(11)23(3,4)22/h5-9H,1-4H3,(H2,17,18,19). The van der Waals surface area contributed by atoms with Crippen LogP contribution in [0.4, 0.5) is 11.4 Å². The highest BCUT2D eigenvalue weighted by Gasteiger charge is 2.18. The second kappa shape index (κ2) is 5.39. The van der Waals surface area contributed by atoms with E-state index in [1.54, 1.807) is 20.4 Å². The van der Waals surface area contributed by atoms with Gasteiger partial charge in [-0.05, 0) is 38.5 Å².